The molecular weight excluding hydrogens is 136 g/mol. The molecule has 54 valence electrons. The summed E-state index contributed by atoms with van der Waals surface area (Å²) in [6.07, 6.45) is 1.74. The lowest BCUT2D eigenvalue weighted by molar-refractivity contribution is 0.287. The Morgan fingerprint density at radius 1 is 1.56 bits per heavy atom. The largest absolute Gasteiger partial charge is 0.396 e. The van der Waals surface area contributed by atoms with Crippen LogP contribution in [0.1, 0.15) is 12.8 Å². The number of nitrogens with one attached hydrogen (secondary N) is 1. The van der Waals surface area contributed by atoms with Crippen LogP contribution in [0, 0.1) is 5.41 Å². The molecule has 0 aliphatic heterocycles. The molecular formula is C5H12N2OS. The molecule has 0 amide bonds. The lowest BCUT2D eigenvalue weighted by atomic mass is 10.4. The quantitative estimate of drug-likeness (QED) is 0.307. The molecule has 0 aromatic carbocycles. The van der Waals surface area contributed by atoms with E-state index in [1.165, 1.54) is 11.8 Å². The average molecular weight is 148 g/mol. The van der Waals surface area contributed by atoms with Crippen LogP contribution in [0.4, 0.5) is 0 Å². The topological polar surface area (TPSA) is 70.1 Å². The molecule has 0 radical (unpaired) electrons. The highest BCUT2D eigenvalue weighted by Crippen LogP contribution is 2.01. The fraction of sp³-hybridized carbons (Fsp3) is 0.800. The van der Waals surface area contributed by atoms with Gasteiger partial charge in [0.15, 0.2) is 5.17 Å². The van der Waals surface area contributed by atoms with Crippen molar-refractivity contribution in [3.8, 4) is 0 Å². The van der Waals surface area contributed by atoms with E-state index in [1.54, 1.807) is 0 Å². The van der Waals surface area contributed by atoms with E-state index in [0.29, 0.717) is 0 Å². The van der Waals surface area contributed by atoms with Crippen molar-refractivity contribution in [3.63, 3.8) is 0 Å². The van der Waals surface area contributed by atoms with E-state index in [9.17, 15) is 0 Å². The summed E-state index contributed by atoms with van der Waals surface area (Å²) in [5.41, 5.74) is 5.06. The molecule has 0 saturated carbocycles. The Kier molecular flexibility index (Phi) is 5.76. The van der Waals surface area contributed by atoms with E-state index in [1.807, 2.05) is 0 Å². The van der Waals surface area contributed by atoms with Crippen LogP contribution in [0.3, 0.4) is 0 Å². The van der Waals surface area contributed by atoms with Gasteiger partial charge in [-0.1, -0.05) is 11.8 Å². The number of thioether (sulfide) groups is 1. The molecule has 0 fully saturated rings. The average Bonchev–Trinajstić information content (AvgIpc) is 1.80. The standard InChI is InChI=1S/C5H12N2OS/c6-5(7)9-4-2-1-3-8/h8H,1-4H2,(H3,6,7). The Balaban J connectivity index is 2.83. The molecule has 0 spiro atoms. The van der Waals surface area contributed by atoms with Gasteiger partial charge in [0.1, 0.15) is 0 Å². The summed E-state index contributed by atoms with van der Waals surface area (Å²) < 4.78 is 0. The molecule has 0 aromatic rings. The number of aliphatic hydroxyl groups excluding tert-OH is 1. The maximum atomic E-state index is 8.34. The van der Waals surface area contributed by atoms with E-state index >= 15 is 0 Å². The van der Waals surface area contributed by atoms with Gasteiger partial charge >= 0.3 is 0 Å². The van der Waals surface area contributed by atoms with Crippen LogP contribution in [0.25, 0.3) is 0 Å². The monoisotopic (exact) mass is 148 g/mol. The normalized spacial score (nSPS) is 9.44. The van der Waals surface area contributed by atoms with Crippen molar-refractivity contribution in [3.05, 3.63) is 0 Å². The van der Waals surface area contributed by atoms with Gasteiger partial charge in [-0.05, 0) is 12.8 Å². The zero-order chi connectivity index (χ0) is 7.11. The van der Waals surface area contributed by atoms with Gasteiger partial charge in [-0.2, -0.15) is 0 Å². The fourth-order valence-electron chi connectivity index (χ4n) is 0.396. The van der Waals surface area contributed by atoms with Crippen LogP contribution >= 0.6 is 11.8 Å². The summed E-state index contributed by atoms with van der Waals surface area (Å²) in [6.45, 7) is 0.235. The van der Waals surface area contributed by atoms with Crippen LogP contribution in [0.2, 0.25) is 0 Å². The van der Waals surface area contributed by atoms with Crippen molar-refractivity contribution in [2.24, 2.45) is 5.73 Å². The molecule has 0 rings (SSSR count). The Morgan fingerprint density at radius 2 is 2.22 bits per heavy atom. The maximum Gasteiger partial charge on any atom is 0.151 e. The second-order valence-electron chi connectivity index (χ2n) is 1.64. The zero-order valence-electron chi connectivity index (χ0n) is 5.26. The molecule has 0 atom stereocenters. The first kappa shape index (κ1) is 8.78. The van der Waals surface area contributed by atoms with Gasteiger partial charge < -0.3 is 10.8 Å². The summed E-state index contributed by atoms with van der Waals surface area (Å²) >= 11 is 1.32. The molecule has 3 nitrogen and oxygen atoms in total. The van der Waals surface area contributed by atoms with E-state index < -0.39 is 0 Å². The Morgan fingerprint density at radius 3 is 2.67 bits per heavy atom. The van der Waals surface area contributed by atoms with Crippen LogP contribution in [0.15, 0.2) is 0 Å². The first-order chi connectivity index (χ1) is 4.27. The van der Waals surface area contributed by atoms with Crippen molar-refractivity contribution >= 4 is 16.9 Å². The number of rotatable bonds is 4. The molecule has 0 aromatic heterocycles. The van der Waals surface area contributed by atoms with Crippen LogP contribution in [-0.2, 0) is 0 Å². The molecule has 0 unspecified atom stereocenters. The van der Waals surface area contributed by atoms with Crippen LogP contribution in [0.5, 0.6) is 0 Å². The Bertz CT molecular complexity index is 87.0. The van der Waals surface area contributed by atoms with Crippen molar-refractivity contribution in [1.29, 1.82) is 5.41 Å². The van der Waals surface area contributed by atoms with Gasteiger partial charge in [0.25, 0.3) is 0 Å². The lowest BCUT2D eigenvalue weighted by Gasteiger charge is -1.95. The molecule has 0 bridgehead atoms. The number of unbranched alkanes of at least 4 members (excludes halogenated alkanes) is 1. The second-order valence-corrected chi connectivity index (χ2v) is 2.78. The summed E-state index contributed by atoms with van der Waals surface area (Å²) in [5.74, 6) is 0.843. The van der Waals surface area contributed by atoms with Crippen molar-refractivity contribution in [2.45, 2.75) is 12.8 Å². The van der Waals surface area contributed by atoms with E-state index in [-0.39, 0.29) is 11.8 Å². The van der Waals surface area contributed by atoms with Gasteiger partial charge in [-0.25, -0.2) is 0 Å². The minimum Gasteiger partial charge on any atom is -0.396 e. The SMILES string of the molecule is N=C(N)SCCCCO. The minimum atomic E-state index is 0.160. The first-order valence-electron chi connectivity index (χ1n) is 2.85. The van der Waals surface area contributed by atoms with Gasteiger partial charge in [0.05, 0.1) is 0 Å². The summed E-state index contributed by atoms with van der Waals surface area (Å²) in [5, 5.41) is 15.3. The van der Waals surface area contributed by atoms with E-state index in [4.69, 9.17) is 16.2 Å². The highest BCUT2D eigenvalue weighted by atomic mass is 32.2. The number of hydrogen-bond acceptors (Lipinski definition) is 3. The third-order valence-corrected chi connectivity index (χ3v) is 1.61. The zero-order valence-corrected chi connectivity index (χ0v) is 6.08. The summed E-state index contributed by atoms with van der Waals surface area (Å²) in [4.78, 5) is 0. The predicted octanol–water partition coefficient (Wildman–Crippen LogP) is 0.386. The van der Waals surface area contributed by atoms with Crippen LogP contribution < -0.4 is 5.73 Å². The number of nitrogens with two attached hydrogens (primary N) is 1. The fourth-order valence-corrected chi connectivity index (χ4v) is 0.964. The molecule has 4 heteroatoms. The smallest absolute Gasteiger partial charge is 0.151 e. The highest BCUT2D eigenvalue weighted by molar-refractivity contribution is 8.13. The Labute approximate surface area is 59.1 Å². The third-order valence-electron chi connectivity index (χ3n) is 0.810. The molecule has 0 aliphatic carbocycles. The van der Waals surface area contributed by atoms with Gasteiger partial charge in [0, 0.05) is 12.4 Å². The predicted molar refractivity (Wildman–Crippen MR) is 40.7 cm³/mol. The number of hydrogen-bond donors (Lipinski definition) is 3. The van der Waals surface area contributed by atoms with Gasteiger partial charge in [-0.15, -0.1) is 0 Å². The van der Waals surface area contributed by atoms with Crippen molar-refractivity contribution in [1.82, 2.24) is 0 Å². The van der Waals surface area contributed by atoms with Gasteiger partial charge in [-0.3, -0.25) is 5.41 Å². The van der Waals surface area contributed by atoms with E-state index in [2.05, 4.69) is 0 Å². The van der Waals surface area contributed by atoms with E-state index in [0.717, 1.165) is 18.6 Å². The maximum absolute atomic E-state index is 8.34. The number of amidine groups is 1. The summed E-state index contributed by atoms with van der Waals surface area (Å²) in [7, 11) is 0. The second kappa shape index (κ2) is 5.91. The molecule has 0 aliphatic rings. The molecule has 4 N–H and O–H groups in total. The molecule has 0 heterocycles. The van der Waals surface area contributed by atoms with Crippen molar-refractivity contribution in [2.75, 3.05) is 12.4 Å². The third kappa shape index (κ3) is 7.78. The van der Waals surface area contributed by atoms with Crippen LogP contribution in [-0.4, -0.2) is 22.6 Å². The molecule has 9 heavy (non-hydrogen) atoms. The minimum absolute atomic E-state index is 0.160. The number of aliphatic hydroxyl groups is 1. The highest BCUT2D eigenvalue weighted by Gasteiger charge is 1.89. The Hall–Kier alpha value is -0.220. The lowest BCUT2D eigenvalue weighted by Crippen LogP contribution is -2.04. The van der Waals surface area contributed by atoms with Gasteiger partial charge in [0.2, 0.25) is 0 Å². The first-order valence-corrected chi connectivity index (χ1v) is 3.83. The molecule has 0 saturated heterocycles. The summed E-state index contributed by atoms with van der Waals surface area (Å²) in [6, 6.07) is 0. The van der Waals surface area contributed by atoms with Crippen molar-refractivity contribution < 1.29 is 5.11 Å².